The van der Waals surface area contributed by atoms with Gasteiger partial charge in [0.25, 0.3) is 11.8 Å². The molecule has 1 aliphatic rings. The molecule has 0 spiro atoms. The summed E-state index contributed by atoms with van der Waals surface area (Å²) in [6.07, 6.45) is -3.36. The number of hydrogen-bond donors (Lipinski definition) is 1. The number of alkyl halides is 2. The van der Waals surface area contributed by atoms with E-state index in [1.165, 1.54) is 29.2 Å². The van der Waals surface area contributed by atoms with E-state index in [9.17, 15) is 31.9 Å². The van der Waals surface area contributed by atoms with Crippen molar-refractivity contribution < 1.29 is 36.3 Å². The molecule has 0 bridgehead atoms. The Kier molecular flexibility index (Phi) is 5.96. The molecule has 36 heavy (non-hydrogen) atoms. The Bertz CT molecular complexity index is 1440. The van der Waals surface area contributed by atoms with Crippen molar-refractivity contribution in [3.05, 3.63) is 100 Å². The number of aliphatic hydroxyl groups excluding tert-OH is 1. The molecule has 7 nitrogen and oxygen atoms in total. The normalized spacial score (nSPS) is 14.9. The second-order valence-corrected chi connectivity index (χ2v) is 8.03. The van der Waals surface area contributed by atoms with Crippen LogP contribution in [0.15, 0.2) is 59.1 Å². The first-order chi connectivity index (χ1) is 17.2. The molecule has 0 radical (unpaired) electrons. The van der Waals surface area contributed by atoms with Gasteiger partial charge < -0.3 is 14.4 Å². The molecule has 1 amide bonds. The summed E-state index contributed by atoms with van der Waals surface area (Å²) in [5, 5.41) is 18.0. The lowest BCUT2D eigenvalue weighted by molar-refractivity contribution is 0.0357. The molecule has 0 fully saturated rings. The van der Waals surface area contributed by atoms with Crippen LogP contribution in [-0.2, 0) is 6.54 Å². The first kappa shape index (κ1) is 23.5. The third-order valence-corrected chi connectivity index (χ3v) is 5.83. The van der Waals surface area contributed by atoms with Crippen molar-refractivity contribution in [3.63, 3.8) is 0 Å². The average molecular weight is 502 g/mol. The molecule has 2 aromatic carbocycles. The standard InChI is InChI=1S/C24H15F5N4O3/c25-16-5-3-11(8-17(16)26)20(34)19(13-4-6-18(27)30-9-13)33-10-14-2-1-12(7-15(14)24(33)35)22-31-32-23(36-22)21(28)29/h1-9,19-21,34H,10H2/t19-,20+/m1/s1. The highest BCUT2D eigenvalue weighted by atomic mass is 19.3. The van der Waals surface area contributed by atoms with E-state index in [-0.39, 0.29) is 34.7 Å². The molecular weight excluding hydrogens is 487 g/mol. The molecule has 2 atom stereocenters. The van der Waals surface area contributed by atoms with E-state index in [0.29, 0.717) is 5.56 Å². The third kappa shape index (κ3) is 4.19. The van der Waals surface area contributed by atoms with Crippen molar-refractivity contribution in [1.82, 2.24) is 20.1 Å². The summed E-state index contributed by atoms with van der Waals surface area (Å²) in [5.41, 5.74) is 1.17. The number of amides is 1. The lowest BCUT2D eigenvalue weighted by Crippen LogP contribution is -2.33. The minimum Gasteiger partial charge on any atom is -0.415 e. The van der Waals surface area contributed by atoms with Crippen LogP contribution in [0.2, 0.25) is 0 Å². The highest BCUT2D eigenvalue weighted by molar-refractivity contribution is 5.99. The molecule has 0 aliphatic carbocycles. The van der Waals surface area contributed by atoms with Crippen molar-refractivity contribution >= 4 is 5.91 Å². The van der Waals surface area contributed by atoms with Gasteiger partial charge in [0.1, 0.15) is 6.10 Å². The number of hydrogen-bond acceptors (Lipinski definition) is 6. The number of aromatic nitrogens is 3. The van der Waals surface area contributed by atoms with Crippen LogP contribution in [0.3, 0.4) is 0 Å². The summed E-state index contributed by atoms with van der Waals surface area (Å²) in [6.45, 7) is 0.00332. The van der Waals surface area contributed by atoms with Crippen LogP contribution >= 0.6 is 0 Å². The number of rotatable bonds is 6. The van der Waals surface area contributed by atoms with E-state index in [4.69, 9.17) is 4.42 Å². The predicted octanol–water partition coefficient (Wildman–Crippen LogP) is 4.92. The fourth-order valence-corrected chi connectivity index (χ4v) is 4.09. The van der Waals surface area contributed by atoms with E-state index in [2.05, 4.69) is 15.2 Å². The minimum absolute atomic E-state index is 0.00332. The van der Waals surface area contributed by atoms with Gasteiger partial charge in [0.2, 0.25) is 11.8 Å². The topological polar surface area (TPSA) is 92.4 Å². The van der Waals surface area contributed by atoms with Gasteiger partial charge in [-0.3, -0.25) is 4.79 Å². The maximum absolute atomic E-state index is 13.9. The van der Waals surface area contributed by atoms with E-state index in [0.717, 1.165) is 24.4 Å². The number of aliphatic hydroxyl groups is 1. The highest BCUT2D eigenvalue weighted by Crippen LogP contribution is 2.40. The fourth-order valence-electron chi connectivity index (χ4n) is 4.09. The maximum atomic E-state index is 13.9. The second-order valence-electron chi connectivity index (χ2n) is 8.03. The number of halogens is 5. The van der Waals surface area contributed by atoms with Crippen molar-refractivity contribution in [1.29, 1.82) is 0 Å². The van der Waals surface area contributed by atoms with Crippen molar-refractivity contribution in [2.24, 2.45) is 0 Å². The molecule has 1 aliphatic heterocycles. The Balaban J connectivity index is 1.52. The Morgan fingerprint density at radius 1 is 0.944 bits per heavy atom. The molecule has 0 saturated carbocycles. The highest BCUT2D eigenvalue weighted by Gasteiger charge is 2.38. The molecule has 3 heterocycles. The van der Waals surface area contributed by atoms with Gasteiger partial charge in [-0.05, 0) is 47.0 Å². The summed E-state index contributed by atoms with van der Waals surface area (Å²) in [7, 11) is 0. The zero-order chi connectivity index (χ0) is 25.6. The van der Waals surface area contributed by atoms with Crippen LogP contribution in [-0.4, -0.2) is 31.1 Å². The fraction of sp³-hybridized carbons (Fsp3) is 0.167. The maximum Gasteiger partial charge on any atom is 0.314 e. The average Bonchev–Trinajstić information content (AvgIpc) is 3.48. The molecule has 4 aromatic rings. The van der Waals surface area contributed by atoms with Crippen LogP contribution in [0, 0.1) is 17.6 Å². The summed E-state index contributed by atoms with van der Waals surface area (Å²) >= 11 is 0. The minimum atomic E-state index is -2.96. The molecule has 0 unspecified atom stereocenters. The monoisotopic (exact) mass is 502 g/mol. The summed E-state index contributed by atoms with van der Waals surface area (Å²) in [6, 6.07) is 8.52. The lowest BCUT2D eigenvalue weighted by Gasteiger charge is -2.32. The van der Waals surface area contributed by atoms with Crippen LogP contribution in [0.4, 0.5) is 22.0 Å². The van der Waals surface area contributed by atoms with Gasteiger partial charge >= 0.3 is 6.43 Å². The first-order valence-electron chi connectivity index (χ1n) is 10.5. The largest absolute Gasteiger partial charge is 0.415 e. The zero-order valence-electron chi connectivity index (χ0n) is 18.1. The Labute approximate surface area is 199 Å². The van der Waals surface area contributed by atoms with Crippen molar-refractivity contribution in [2.45, 2.75) is 25.1 Å². The van der Waals surface area contributed by atoms with Gasteiger partial charge in [-0.15, -0.1) is 10.2 Å². The predicted molar refractivity (Wildman–Crippen MR) is 113 cm³/mol. The number of fused-ring (bicyclic) bond motifs is 1. The number of carbonyl (C=O) groups is 1. The smallest absolute Gasteiger partial charge is 0.314 e. The van der Waals surface area contributed by atoms with Gasteiger partial charge in [0.05, 0.1) is 6.04 Å². The molecule has 12 heteroatoms. The number of carbonyl (C=O) groups excluding carboxylic acids is 1. The van der Waals surface area contributed by atoms with Crippen LogP contribution < -0.4 is 0 Å². The number of nitrogens with zero attached hydrogens (tertiary/aromatic N) is 4. The number of benzene rings is 2. The lowest BCUT2D eigenvalue weighted by atomic mass is 9.95. The quantitative estimate of drug-likeness (QED) is 0.297. The Hall–Kier alpha value is -4.19. The molecule has 1 N–H and O–H groups in total. The zero-order valence-corrected chi connectivity index (χ0v) is 18.1. The molecule has 5 rings (SSSR count). The summed E-state index contributed by atoms with van der Waals surface area (Å²) in [4.78, 5) is 18.3. The van der Waals surface area contributed by atoms with Crippen LogP contribution in [0.25, 0.3) is 11.5 Å². The second kappa shape index (κ2) is 9.11. The van der Waals surface area contributed by atoms with Gasteiger partial charge in [0.15, 0.2) is 11.6 Å². The number of pyridine rings is 1. The SMILES string of the molecule is O=C1c2cc(-c3nnc(C(F)F)o3)ccc2CN1[C@H](c1ccc(F)nc1)[C@@H](O)c1ccc(F)c(F)c1. The van der Waals surface area contributed by atoms with Crippen molar-refractivity contribution in [2.75, 3.05) is 0 Å². The van der Waals surface area contributed by atoms with E-state index < -0.39 is 48.0 Å². The molecule has 2 aromatic heterocycles. The summed E-state index contributed by atoms with van der Waals surface area (Å²) < 4.78 is 71.4. The van der Waals surface area contributed by atoms with Crippen molar-refractivity contribution in [3.8, 4) is 11.5 Å². The van der Waals surface area contributed by atoms with Gasteiger partial charge in [-0.25, -0.2) is 13.8 Å². The summed E-state index contributed by atoms with van der Waals surface area (Å²) in [5.74, 6) is -4.72. The Morgan fingerprint density at radius 2 is 1.72 bits per heavy atom. The van der Waals surface area contributed by atoms with Gasteiger partial charge in [-0.2, -0.15) is 13.2 Å². The molecule has 184 valence electrons. The first-order valence-corrected chi connectivity index (χ1v) is 10.5. The van der Waals surface area contributed by atoms with Crippen LogP contribution in [0.5, 0.6) is 0 Å². The molecule has 0 saturated heterocycles. The van der Waals surface area contributed by atoms with E-state index >= 15 is 0 Å². The third-order valence-electron chi connectivity index (χ3n) is 5.83. The van der Waals surface area contributed by atoms with E-state index in [1.54, 1.807) is 6.07 Å². The Morgan fingerprint density at radius 3 is 2.39 bits per heavy atom. The molecular formula is C24H15F5N4O3. The van der Waals surface area contributed by atoms with E-state index in [1.807, 2.05) is 0 Å². The van der Waals surface area contributed by atoms with Gasteiger partial charge in [-0.1, -0.05) is 18.2 Å². The van der Waals surface area contributed by atoms with Crippen LogP contribution in [0.1, 0.15) is 51.5 Å². The van der Waals surface area contributed by atoms with Gasteiger partial charge in [0, 0.05) is 23.9 Å².